The molecule has 4 atom stereocenters. The fourth-order valence-electron chi connectivity index (χ4n) is 3.45. The maximum Gasteiger partial charge on any atom is 0.336 e. The Bertz CT molecular complexity index is 840. The van der Waals surface area contributed by atoms with Crippen LogP contribution in [0.2, 0.25) is 5.15 Å². The van der Waals surface area contributed by atoms with Crippen molar-refractivity contribution in [2.75, 3.05) is 0 Å². The summed E-state index contributed by atoms with van der Waals surface area (Å²) in [5, 5.41) is 9.74. The van der Waals surface area contributed by atoms with Gasteiger partial charge in [-0.1, -0.05) is 11.6 Å². The van der Waals surface area contributed by atoms with E-state index in [1.807, 2.05) is 0 Å². The Morgan fingerprint density at radius 1 is 1.33 bits per heavy atom. The zero-order chi connectivity index (χ0) is 17.3. The molecule has 10 heteroatoms. The van der Waals surface area contributed by atoms with E-state index in [0.717, 1.165) is 0 Å². The molecule has 0 amide bonds. The molecule has 2 saturated heterocycles. The van der Waals surface area contributed by atoms with Crippen molar-refractivity contribution in [3.8, 4) is 0 Å². The first-order chi connectivity index (χ1) is 11.2. The van der Waals surface area contributed by atoms with Crippen molar-refractivity contribution >= 4 is 28.7 Å². The Balaban J connectivity index is 1.83. The lowest BCUT2D eigenvalue weighted by atomic mass is 9.94. The van der Waals surface area contributed by atoms with Crippen molar-refractivity contribution in [1.82, 2.24) is 19.5 Å². The number of imidazole rings is 1. The van der Waals surface area contributed by atoms with Crippen molar-refractivity contribution in [3.63, 3.8) is 0 Å². The molecule has 2 aromatic rings. The van der Waals surface area contributed by atoms with Gasteiger partial charge in [0, 0.05) is 0 Å². The molecular formula is C14H15ClN4O5. The largest absolute Gasteiger partial charge is 0.479 e. The molecule has 2 aliphatic rings. The van der Waals surface area contributed by atoms with Gasteiger partial charge in [-0.25, -0.2) is 19.7 Å². The molecule has 24 heavy (non-hydrogen) atoms. The molecule has 9 nitrogen and oxygen atoms in total. The van der Waals surface area contributed by atoms with Gasteiger partial charge in [-0.15, -0.1) is 0 Å². The third kappa shape index (κ3) is 2.05. The number of aliphatic carboxylic acids is 1. The zero-order valence-corrected chi connectivity index (χ0v) is 13.9. The van der Waals surface area contributed by atoms with Gasteiger partial charge < -0.3 is 19.3 Å². The molecule has 0 spiro atoms. The first-order valence-electron chi connectivity index (χ1n) is 7.32. The highest BCUT2D eigenvalue weighted by molar-refractivity contribution is 6.33. The van der Waals surface area contributed by atoms with Crippen molar-refractivity contribution in [2.24, 2.45) is 0 Å². The summed E-state index contributed by atoms with van der Waals surface area (Å²) in [6.07, 6.45) is 0.175. The van der Waals surface area contributed by atoms with E-state index in [0.29, 0.717) is 11.2 Å². The average molecular weight is 355 g/mol. The van der Waals surface area contributed by atoms with Crippen LogP contribution in [0, 0.1) is 0 Å². The van der Waals surface area contributed by atoms with E-state index >= 15 is 0 Å². The fraction of sp³-hybridized carbons (Fsp3) is 0.571. The first kappa shape index (κ1) is 15.7. The zero-order valence-electron chi connectivity index (χ0n) is 13.1. The molecular weight excluding hydrogens is 340 g/mol. The number of fused-ring (bicyclic) bond motifs is 2. The number of carbonyl (C=O) groups is 1. The minimum Gasteiger partial charge on any atom is -0.479 e. The van der Waals surface area contributed by atoms with Gasteiger partial charge in [-0.3, -0.25) is 4.57 Å². The molecule has 0 aromatic carbocycles. The van der Waals surface area contributed by atoms with Gasteiger partial charge in [0.05, 0.1) is 6.33 Å². The maximum absolute atomic E-state index is 11.7. The molecule has 2 aliphatic heterocycles. The van der Waals surface area contributed by atoms with Crippen molar-refractivity contribution < 1.29 is 24.1 Å². The lowest BCUT2D eigenvalue weighted by Gasteiger charge is -2.26. The number of nitrogens with zero attached hydrogens (tertiary/aromatic N) is 4. The van der Waals surface area contributed by atoms with Crippen LogP contribution in [0.25, 0.3) is 11.2 Å². The van der Waals surface area contributed by atoms with Crippen molar-refractivity contribution in [1.29, 1.82) is 0 Å². The fourth-order valence-corrected chi connectivity index (χ4v) is 3.63. The highest BCUT2D eigenvalue weighted by Crippen LogP contribution is 2.50. The normalized spacial score (nSPS) is 34.6. The molecule has 4 rings (SSSR count). The second-order valence-corrected chi connectivity index (χ2v) is 6.82. The van der Waals surface area contributed by atoms with Crippen LogP contribution >= 0.6 is 11.6 Å². The summed E-state index contributed by atoms with van der Waals surface area (Å²) in [5.74, 6) is -2.05. The molecule has 4 heterocycles. The predicted octanol–water partition coefficient (Wildman–Crippen LogP) is 1.37. The number of carboxylic acids is 1. The lowest BCUT2D eigenvalue weighted by Crippen LogP contribution is -2.47. The summed E-state index contributed by atoms with van der Waals surface area (Å²) >= 11 is 6.02. The van der Waals surface area contributed by atoms with Gasteiger partial charge in [0.15, 0.2) is 28.9 Å². The van der Waals surface area contributed by atoms with E-state index in [1.54, 1.807) is 25.3 Å². The van der Waals surface area contributed by atoms with Gasteiger partial charge in [0.1, 0.15) is 23.5 Å². The first-order valence-corrected chi connectivity index (χ1v) is 7.70. The van der Waals surface area contributed by atoms with Crippen LogP contribution in [0.5, 0.6) is 0 Å². The van der Waals surface area contributed by atoms with Crippen LogP contribution in [0.15, 0.2) is 12.7 Å². The second-order valence-electron chi connectivity index (χ2n) is 6.46. The van der Waals surface area contributed by atoms with Crippen LogP contribution in [-0.2, 0) is 19.0 Å². The van der Waals surface area contributed by atoms with Crippen LogP contribution in [0.1, 0.15) is 27.0 Å². The van der Waals surface area contributed by atoms with E-state index in [1.165, 1.54) is 12.7 Å². The highest BCUT2D eigenvalue weighted by atomic mass is 35.5. The second kappa shape index (κ2) is 4.85. The highest BCUT2D eigenvalue weighted by Gasteiger charge is 2.66. The Morgan fingerprint density at radius 3 is 2.79 bits per heavy atom. The van der Waals surface area contributed by atoms with E-state index in [9.17, 15) is 9.90 Å². The summed E-state index contributed by atoms with van der Waals surface area (Å²) < 4.78 is 19.2. The number of hydrogen-bond acceptors (Lipinski definition) is 7. The number of aromatic nitrogens is 4. The molecule has 1 N–H and O–H groups in total. The Kier molecular flexibility index (Phi) is 3.17. The lowest BCUT2D eigenvalue weighted by molar-refractivity contribution is -0.214. The maximum atomic E-state index is 11.7. The number of carboxylic acid groups (broad SMARTS) is 1. The minimum absolute atomic E-state index is 0.207. The topological polar surface area (TPSA) is 109 Å². The third-order valence-electron chi connectivity index (χ3n) is 4.31. The third-order valence-corrected chi connectivity index (χ3v) is 4.59. The van der Waals surface area contributed by atoms with Gasteiger partial charge in [0.25, 0.3) is 0 Å². The van der Waals surface area contributed by atoms with Crippen LogP contribution in [0.4, 0.5) is 0 Å². The predicted molar refractivity (Wildman–Crippen MR) is 80.3 cm³/mol. The summed E-state index contributed by atoms with van der Waals surface area (Å²) in [4.78, 5) is 23.9. The van der Waals surface area contributed by atoms with Crippen molar-refractivity contribution in [3.05, 3.63) is 17.8 Å². The summed E-state index contributed by atoms with van der Waals surface area (Å²) in [5.41, 5.74) is -0.309. The minimum atomic E-state index is -1.19. The van der Waals surface area contributed by atoms with Gasteiger partial charge in [-0.2, -0.15) is 0 Å². The van der Waals surface area contributed by atoms with Crippen LogP contribution < -0.4 is 0 Å². The van der Waals surface area contributed by atoms with E-state index in [4.69, 9.17) is 25.8 Å². The standard InChI is InChI=1S/C14H15ClN4O5/c1-13(2)23-7-11(22-8(12(20)21)14(7,3)24-13)19-5-18-6-9(15)16-4-17-10(6)19/h4-5,7-8,11H,1-3H3,(H,20,21)/t7-,8+,11+,14-/m0/s1. The van der Waals surface area contributed by atoms with E-state index < -0.39 is 35.8 Å². The van der Waals surface area contributed by atoms with Crippen molar-refractivity contribution in [2.45, 2.75) is 50.6 Å². The monoisotopic (exact) mass is 354 g/mol. The number of rotatable bonds is 2. The molecule has 0 bridgehead atoms. The van der Waals surface area contributed by atoms with Crippen LogP contribution in [-0.4, -0.2) is 54.2 Å². The number of hydrogen-bond donors (Lipinski definition) is 1. The molecule has 0 saturated carbocycles. The van der Waals surface area contributed by atoms with Gasteiger partial charge in [-0.05, 0) is 20.8 Å². The van der Waals surface area contributed by atoms with Gasteiger partial charge in [0.2, 0.25) is 0 Å². The molecule has 0 aliphatic carbocycles. The molecule has 2 aromatic heterocycles. The van der Waals surface area contributed by atoms with Gasteiger partial charge >= 0.3 is 5.97 Å². The molecule has 0 radical (unpaired) electrons. The van der Waals surface area contributed by atoms with E-state index in [-0.39, 0.29) is 5.15 Å². The molecule has 128 valence electrons. The Labute approximate surface area is 141 Å². The Morgan fingerprint density at radius 2 is 2.08 bits per heavy atom. The average Bonchev–Trinajstić information content (AvgIpc) is 3.07. The van der Waals surface area contributed by atoms with Crippen LogP contribution in [0.3, 0.4) is 0 Å². The summed E-state index contributed by atoms with van der Waals surface area (Å²) in [6, 6.07) is 0. The number of halogens is 1. The van der Waals surface area contributed by atoms with E-state index in [2.05, 4.69) is 15.0 Å². The Hall–Kier alpha value is -1.81. The molecule has 2 fully saturated rings. The summed E-state index contributed by atoms with van der Waals surface area (Å²) in [7, 11) is 0. The number of ether oxygens (including phenoxy) is 3. The quantitative estimate of drug-likeness (QED) is 0.805. The summed E-state index contributed by atoms with van der Waals surface area (Å²) in [6.45, 7) is 5.14. The smallest absolute Gasteiger partial charge is 0.336 e. The SMILES string of the molecule is CC1(C)O[C@H]2[C@H](n3cnc4c(Cl)ncnc43)O[C@H](C(=O)O)[C@@]2(C)O1. The molecule has 0 unspecified atom stereocenters.